The molecule has 8 nitrogen and oxygen atoms in total. The fraction of sp³-hybridized carbons (Fsp3) is 0.389. The number of aromatic nitrogens is 2. The van der Waals surface area contributed by atoms with Crippen molar-refractivity contribution in [3.8, 4) is 0 Å². The monoisotopic (exact) mass is 390 g/mol. The van der Waals surface area contributed by atoms with Crippen molar-refractivity contribution in [1.82, 2.24) is 25.7 Å². The number of hydrogen-bond acceptors (Lipinski definition) is 4. The maximum absolute atomic E-state index is 12.3. The van der Waals surface area contributed by atoms with Crippen LogP contribution in [-0.4, -0.2) is 27.8 Å². The van der Waals surface area contributed by atoms with Crippen LogP contribution in [0.1, 0.15) is 31.4 Å². The van der Waals surface area contributed by atoms with E-state index >= 15 is 0 Å². The molecule has 144 valence electrons. The Morgan fingerprint density at radius 1 is 1.30 bits per heavy atom. The van der Waals surface area contributed by atoms with Crippen LogP contribution in [0.4, 0.5) is 10.6 Å². The highest BCUT2D eigenvalue weighted by atomic mass is 35.5. The van der Waals surface area contributed by atoms with Gasteiger partial charge in [0.1, 0.15) is 5.82 Å². The van der Waals surface area contributed by atoms with Crippen molar-refractivity contribution in [2.24, 2.45) is 5.92 Å². The number of benzene rings is 1. The maximum Gasteiger partial charge on any atom is 0.320 e. The van der Waals surface area contributed by atoms with Crippen molar-refractivity contribution in [3.63, 3.8) is 0 Å². The molecule has 1 aromatic carbocycles. The molecule has 0 bridgehead atoms. The fourth-order valence-corrected chi connectivity index (χ4v) is 2.94. The van der Waals surface area contributed by atoms with Crippen molar-refractivity contribution in [1.29, 1.82) is 0 Å². The predicted octanol–water partition coefficient (Wildman–Crippen LogP) is 2.37. The molecule has 3 amide bonds. The minimum atomic E-state index is -0.524. The van der Waals surface area contributed by atoms with Crippen LogP contribution < -0.4 is 21.3 Å². The van der Waals surface area contributed by atoms with E-state index in [4.69, 9.17) is 11.6 Å². The van der Waals surface area contributed by atoms with E-state index in [0.29, 0.717) is 17.4 Å². The van der Waals surface area contributed by atoms with Crippen molar-refractivity contribution < 1.29 is 9.59 Å². The summed E-state index contributed by atoms with van der Waals surface area (Å²) in [6.45, 7) is 5.99. The molecule has 1 aliphatic rings. The SMILES string of the molecule is Cc1cc(NC(=O)NCc2ccc(Cl)cc2)n(C2NC(=O)C(C)C(C)N2)n1. The summed E-state index contributed by atoms with van der Waals surface area (Å²) in [6, 6.07) is 8.61. The molecule has 1 aromatic heterocycles. The number of aryl methyl sites for hydroxylation is 1. The average molecular weight is 391 g/mol. The molecular formula is C18H23ClN6O2. The van der Waals surface area contributed by atoms with Gasteiger partial charge in [-0.05, 0) is 31.5 Å². The highest BCUT2D eigenvalue weighted by Crippen LogP contribution is 2.19. The normalized spacial score (nSPS) is 22.2. The first-order valence-electron chi connectivity index (χ1n) is 8.75. The highest BCUT2D eigenvalue weighted by Gasteiger charge is 2.32. The highest BCUT2D eigenvalue weighted by molar-refractivity contribution is 6.30. The number of rotatable bonds is 4. The molecular weight excluding hydrogens is 368 g/mol. The maximum atomic E-state index is 12.3. The second-order valence-electron chi connectivity index (χ2n) is 6.70. The molecule has 3 unspecified atom stereocenters. The molecule has 1 saturated heterocycles. The van der Waals surface area contributed by atoms with Gasteiger partial charge in [-0.1, -0.05) is 30.7 Å². The number of carbonyl (C=O) groups excluding carboxylic acids is 2. The molecule has 1 fully saturated rings. The summed E-state index contributed by atoms with van der Waals surface area (Å²) in [5, 5.41) is 16.8. The lowest BCUT2D eigenvalue weighted by Crippen LogP contribution is -2.57. The van der Waals surface area contributed by atoms with E-state index in [9.17, 15) is 9.59 Å². The molecule has 0 aliphatic carbocycles. The van der Waals surface area contributed by atoms with Gasteiger partial charge in [-0.3, -0.25) is 15.4 Å². The third kappa shape index (κ3) is 4.58. The summed E-state index contributed by atoms with van der Waals surface area (Å²) in [6.07, 6.45) is -0.524. The molecule has 2 heterocycles. The van der Waals surface area contributed by atoms with Gasteiger partial charge in [0, 0.05) is 23.7 Å². The number of anilines is 1. The third-order valence-electron chi connectivity index (χ3n) is 4.57. The molecule has 0 saturated carbocycles. The van der Waals surface area contributed by atoms with E-state index in [1.54, 1.807) is 22.9 Å². The number of nitrogens with one attached hydrogen (secondary N) is 4. The Bertz CT molecular complexity index is 835. The van der Waals surface area contributed by atoms with Gasteiger partial charge in [-0.2, -0.15) is 5.10 Å². The van der Waals surface area contributed by atoms with E-state index in [1.165, 1.54) is 0 Å². The zero-order valence-corrected chi connectivity index (χ0v) is 16.2. The van der Waals surface area contributed by atoms with Crippen LogP contribution in [-0.2, 0) is 11.3 Å². The molecule has 2 aromatic rings. The predicted molar refractivity (Wildman–Crippen MR) is 103 cm³/mol. The first-order valence-corrected chi connectivity index (χ1v) is 9.13. The van der Waals surface area contributed by atoms with Crippen LogP contribution >= 0.6 is 11.6 Å². The van der Waals surface area contributed by atoms with Gasteiger partial charge in [-0.25, -0.2) is 9.48 Å². The first kappa shape index (κ1) is 19.2. The molecule has 0 spiro atoms. The number of amides is 3. The molecule has 9 heteroatoms. The van der Waals surface area contributed by atoms with Crippen LogP contribution in [0, 0.1) is 12.8 Å². The van der Waals surface area contributed by atoms with E-state index in [0.717, 1.165) is 11.3 Å². The Morgan fingerprint density at radius 3 is 2.67 bits per heavy atom. The van der Waals surface area contributed by atoms with Gasteiger partial charge in [-0.15, -0.1) is 0 Å². The minimum absolute atomic E-state index is 0.0140. The Hall–Kier alpha value is -2.58. The number of urea groups is 1. The number of nitrogens with zero attached hydrogens (tertiary/aromatic N) is 2. The third-order valence-corrected chi connectivity index (χ3v) is 4.83. The van der Waals surface area contributed by atoms with Gasteiger partial charge < -0.3 is 10.6 Å². The summed E-state index contributed by atoms with van der Waals surface area (Å²) in [4.78, 5) is 24.4. The van der Waals surface area contributed by atoms with Crippen LogP contribution in [0.15, 0.2) is 30.3 Å². The van der Waals surface area contributed by atoms with Gasteiger partial charge >= 0.3 is 6.03 Å². The lowest BCUT2D eigenvalue weighted by atomic mass is 10.0. The molecule has 3 rings (SSSR count). The number of halogens is 1. The van der Waals surface area contributed by atoms with Crippen LogP contribution in [0.5, 0.6) is 0 Å². The Morgan fingerprint density at radius 2 is 2.00 bits per heavy atom. The summed E-state index contributed by atoms with van der Waals surface area (Å²) in [5.74, 6) is 0.287. The molecule has 3 atom stereocenters. The summed E-state index contributed by atoms with van der Waals surface area (Å²) in [5.41, 5.74) is 1.66. The fourth-order valence-electron chi connectivity index (χ4n) is 2.81. The quantitative estimate of drug-likeness (QED) is 0.643. The smallest absolute Gasteiger partial charge is 0.320 e. The van der Waals surface area contributed by atoms with Crippen LogP contribution in [0.2, 0.25) is 5.02 Å². The Kier molecular flexibility index (Phi) is 5.67. The van der Waals surface area contributed by atoms with E-state index in [-0.39, 0.29) is 23.9 Å². The lowest BCUT2D eigenvalue weighted by Gasteiger charge is -2.34. The number of hydrogen-bond donors (Lipinski definition) is 4. The Labute approximate surface area is 162 Å². The Balaban J connectivity index is 1.66. The molecule has 27 heavy (non-hydrogen) atoms. The summed E-state index contributed by atoms with van der Waals surface area (Å²) in [7, 11) is 0. The zero-order valence-electron chi connectivity index (χ0n) is 15.4. The van der Waals surface area contributed by atoms with E-state index in [1.807, 2.05) is 32.9 Å². The second kappa shape index (κ2) is 7.98. The van der Waals surface area contributed by atoms with Gasteiger partial charge in [0.15, 0.2) is 6.29 Å². The second-order valence-corrected chi connectivity index (χ2v) is 7.14. The summed E-state index contributed by atoms with van der Waals surface area (Å²) < 4.78 is 1.57. The van der Waals surface area contributed by atoms with Gasteiger partial charge in [0.2, 0.25) is 5.91 Å². The van der Waals surface area contributed by atoms with Gasteiger partial charge in [0.25, 0.3) is 0 Å². The molecule has 1 aliphatic heterocycles. The van der Waals surface area contributed by atoms with Crippen LogP contribution in [0.3, 0.4) is 0 Å². The van der Waals surface area contributed by atoms with Crippen molar-refractivity contribution in [3.05, 3.63) is 46.6 Å². The largest absolute Gasteiger partial charge is 0.334 e. The van der Waals surface area contributed by atoms with Crippen molar-refractivity contribution in [2.45, 2.75) is 39.6 Å². The average Bonchev–Trinajstić information content (AvgIpc) is 2.99. The molecule has 0 radical (unpaired) electrons. The van der Waals surface area contributed by atoms with Crippen molar-refractivity contribution in [2.75, 3.05) is 5.32 Å². The topological polar surface area (TPSA) is 100 Å². The van der Waals surface area contributed by atoms with Crippen LogP contribution in [0.25, 0.3) is 0 Å². The standard InChI is InChI=1S/C18H23ClN6O2/c1-10-8-15(22-18(27)20-9-13-4-6-14(19)7-5-13)25(24-10)17-21-12(3)11(2)16(26)23-17/h4-8,11-12,17,21H,9H2,1-3H3,(H,23,26)(H2,20,22,27). The minimum Gasteiger partial charge on any atom is -0.334 e. The number of carbonyl (C=O) groups is 2. The van der Waals surface area contributed by atoms with Gasteiger partial charge in [0.05, 0.1) is 11.6 Å². The van der Waals surface area contributed by atoms with E-state index in [2.05, 4.69) is 26.4 Å². The zero-order chi connectivity index (χ0) is 19.6. The van der Waals surface area contributed by atoms with Crippen molar-refractivity contribution >= 4 is 29.4 Å². The first-order chi connectivity index (χ1) is 12.8. The summed E-state index contributed by atoms with van der Waals surface area (Å²) >= 11 is 5.86. The lowest BCUT2D eigenvalue weighted by molar-refractivity contribution is -0.130. The van der Waals surface area contributed by atoms with E-state index < -0.39 is 6.29 Å². The molecule has 4 N–H and O–H groups in total.